The third kappa shape index (κ3) is 6.67. The first-order valence-electron chi connectivity index (χ1n) is 9.96. The molecule has 0 aliphatic carbocycles. The van der Waals surface area contributed by atoms with Crippen molar-refractivity contribution in [1.29, 1.82) is 0 Å². The molecule has 0 saturated carbocycles. The van der Waals surface area contributed by atoms with Gasteiger partial charge in [0.1, 0.15) is 0 Å². The molecule has 0 radical (unpaired) electrons. The van der Waals surface area contributed by atoms with Crippen LogP contribution in [0.1, 0.15) is 17.5 Å². The highest BCUT2D eigenvalue weighted by Gasteiger charge is 2.19. The number of aliphatic hydroxyl groups excluding tert-OH is 1. The molecule has 32 heavy (non-hydrogen) atoms. The Kier molecular flexibility index (Phi) is 9.91. The van der Waals surface area contributed by atoms with E-state index in [9.17, 15) is 9.90 Å². The zero-order valence-corrected chi connectivity index (χ0v) is 19.5. The first-order valence-corrected chi connectivity index (χ1v) is 10.4. The SMILES string of the molecule is COc1ccc(/C=C/C(=O)C(CCO)C(=S)/C=C/c2ccc(OC)c(OC)c2)cc1OC. The van der Waals surface area contributed by atoms with Gasteiger partial charge >= 0.3 is 0 Å². The summed E-state index contributed by atoms with van der Waals surface area (Å²) in [4.78, 5) is 13.2. The molecule has 0 aromatic heterocycles. The van der Waals surface area contributed by atoms with E-state index >= 15 is 0 Å². The number of hydrogen-bond acceptors (Lipinski definition) is 7. The van der Waals surface area contributed by atoms with Crippen molar-refractivity contribution in [3.63, 3.8) is 0 Å². The van der Waals surface area contributed by atoms with Gasteiger partial charge in [0.25, 0.3) is 0 Å². The smallest absolute Gasteiger partial charge is 0.164 e. The van der Waals surface area contributed by atoms with Gasteiger partial charge in [0, 0.05) is 11.5 Å². The standard InChI is InChI=1S/C25H28O6S/c1-28-21-10-6-17(15-23(21)30-3)5-9-20(27)19(13-14-26)25(32)12-8-18-7-11-22(29-2)24(16-18)31-4/h5-12,15-16,19,26H,13-14H2,1-4H3/b9-5+,12-8+. The first-order chi connectivity index (χ1) is 15.5. The van der Waals surface area contributed by atoms with Crippen LogP contribution >= 0.6 is 12.2 Å². The molecule has 1 N–H and O–H groups in total. The van der Waals surface area contributed by atoms with Gasteiger partial charge in [-0.05, 0) is 54.0 Å². The summed E-state index contributed by atoms with van der Waals surface area (Å²) in [7, 11) is 6.25. The Morgan fingerprint density at radius 2 is 1.31 bits per heavy atom. The van der Waals surface area contributed by atoms with Crippen LogP contribution in [0.3, 0.4) is 0 Å². The topological polar surface area (TPSA) is 74.2 Å². The van der Waals surface area contributed by atoms with Crippen LogP contribution in [0.2, 0.25) is 0 Å². The molecular weight excluding hydrogens is 428 g/mol. The van der Waals surface area contributed by atoms with E-state index in [-0.39, 0.29) is 18.8 Å². The van der Waals surface area contributed by atoms with E-state index < -0.39 is 5.92 Å². The average molecular weight is 457 g/mol. The molecule has 0 aliphatic rings. The van der Waals surface area contributed by atoms with E-state index in [1.165, 1.54) is 6.08 Å². The summed E-state index contributed by atoms with van der Waals surface area (Å²) in [5.41, 5.74) is 1.63. The predicted molar refractivity (Wildman–Crippen MR) is 130 cm³/mol. The molecule has 2 rings (SSSR count). The van der Waals surface area contributed by atoms with E-state index in [4.69, 9.17) is 31.2 Å². The lowest BCUT2D eigenvalue weighted by Gasteiger charge is -2.12. The van der Waals surface area contributed by atoms with Crippen LogP contribution in [0.15, 0.2) is 48.6 Å². The summed E-state index contributed by atoms with van der Waals surface area (Å²) in [6.45, 7) is -0.148. The van der Waals surface area contributed by atoms with E-state index in [1.807, 2.05) is 18.2 Å². The molecule has 0 saturated heterocycles. The number of ether oxygens (including phenoxy) is 4. The van der Waals surface area contributed by atoms with Gasteiger partial charge in [-0.25, -0.2) is 0 Å². The van der Waals surface area contributed by atoms with Crippen molar-refractivity contribution in [2.75, 3.05) is 35.0 Å². The Morgan fingerprint density at radius 1 is 0.844 bits per heavy atom. The zero-order chi connectivity index (χ0) is 23.5. The Balaban J connectivity index is 2.16. The number of ketones is 1. The van der Waals surface area contributed by atoms with Crippen molar-refractivity contribution in [2.24, 2.45) is 5.92 Å². The highest BCUT2D eigenvalue weighted by atomic mass is 32.1. The van der Waals surface area contributed by atoms with Crippen LogP contribution in [0.4, 0.5) is 0 Å². The maximum absolute atomic E-state index is 12.8. The maximum Gasteiger partial charge on any atom is 0.164 e. The molecule has 6 nitrogen and oxygen atoms in total. The van der Waals surface area contributed by atoms with E-state index in [0.29, 0.717) is 27.9 Å². The number of rotatable bonds is 12. The van der Waals surface area contributed by atoms with Gasteiger partial charge in [-0.2, -0.15) is 0 Å². The Morgan fingerprint density at radius 3 is 1.75 bits per heavy atom. The molecular formula is C25H28O6S. The van der Waals surface area contributed by atoms with Crippen LogP contribution in [0.25, 0.3) is 12.2 Å². The average Bonchev–Trinajstić information content (AvgIpc) is 2.83. The Bertz CT molecular complexity index is 918. The summed E-state index contributed by atoms with van der Waals surface area (Å²) >= 11 is 5.48. The summed E-state index contributed by atoms with van der Waals surface area (Å²) in [5, 5.41) is 9.44. The molecule has 1 atom stereocenters. The van der Waals surface area contributed by atoms with Gasteiger partial charge in [0.15, 0.2) is 28.8 Å². The number of carbonyl (C=O) groups is 1. The van der Waals surface area contributed by atoms with Crippen molar-refractivity contribution >= 4 is 35.0 Å². The number of methoxy groups -OCH3 is 4. The molecule has 0 spiro atoms. The van der Waals surface area contributed by atoms with E-state index in [1.54, 1.807) is 64.9 Å². The Hall–Kier alpha value is -3.16. The molecule has 7 heteroatoms. The highest BCUT2D eigenvalue weighted by molar-refractivity contribution is 7.80. The fourth-order valence-corrected chi connectivity index (χ4v) is 3.36. The number of hydrogen-bond donors (Lipinski definition) is 1. The minimum atomic E-state index is -0.609. The van der Waals surface area contributed by atoms with Crippen molar-refractivity contribution in [2.45, 2.75) is 6.42 Å². The molecule has 170 valence electrons. The van der Waals surface area contributed by atoms with E-state index in [2.05, 4.69) is 0 Å². The first kappa shape index (κ1) is 25.1. The molecule has 2 aromatic rings. The number of benzene rings is 2. The number of allylic oxidation sites excluding steroid dienone is 2. The third-order valence-corrected chi connectivity index (χ3v) is 5.22. The largest absolute Gasteiger partial charge is 0.493 e. The predicted octanol–water partition coefficient (Wildman–Crippen LogP) is 4.39. The van der Waals surface area contributed by atoms with Gasteiger partial charge in [0.05, 0.1) is 34.4 Å². The highest BCUT2D eigenvalue weighted by Crippen LogP contribution is 2.29. The minimum absolute atomic E-state index is 0.148. The van der Waals surface area contributed by atoms with Gasteiger partial charge < -0.3 is 24.1 Å². The molecule has 0 heterocycles. The van der Waals surface area contributed by atoms with Gasteiger partial charge in [-0.15, -0.1) is 0 Å². The normalized spacial score (nSPS) is 12.0. The number of aliphatic hydroxyl groups is 1. The fourth-order valence-electron chi connectivity index (χ4n) is 3.06. The molecule has 0 bridgehead atoms. The quantitative estimate of drug-likeness (QED) is 0.375. The second-order valence-electron chi connectivity index (χ2n) is 6.77. The number of thiocarbonyl (C=S) groups is 1. The second kappa shape index (κ2) is 12.6. The van der Waals surface area contributed by atoms with Gasteiger partial charge in [0.2, 0.25) is 0 Å². The zero-order valence-electron chi connectivity index (χ0n) is 18.7. The molecule has 2 aromatic carbocycles. The van der Waals surface area contributed by atoms with Crippen LogP contribution in [-0.2, 0) is 4.79 Å². The third-order valence-electron chi connectivity index (χ3n) is 4.80. The molecule has 1 unspecified atom stereocenters. The van der Waals surface area contributed by atoms with Crippen LogP contribution in [-0.4, -0.2) is 50.8 Å². The lowest BCUT2D eigenvalue weighted by molar-refractivity contribution is -0.116. The molecule has 0 fully saturated rings. The second-order valence-corrected chi connectivity index (χ2v) is 7.24. The van der Waals surface area contributed by atoms with Crippen molar-refractivity contribution in [1.82, 2.24) is 0 Å². The Labute approximate surface area is 194 Å². The van der Waals surface area contributed by atoms with Crippen LogP contribution in [0.5, 0.6) is 23.0 Å². The lowest BCUT2D eigenvalue weighted by atomic mass is 9.95. The summed E-state index contributed by atoms with van der Waals surface area (Å²) in [6.07, 6.45) is 6.91. The fraction of sp³-hybridized carbons (Fsp3) is 0.280. The summed E-state index contributed by atoms with van der Waals surface area (Å²) < 4.78 is 21.1. The monoisotopic (exact) mass is 456 g/mol. The van der Waals surface area contributed by atoms with Crippen LogP contribution < -0.4 is 18.9 Å². The van der Waals surface area contributed by atoms with Gasteiger partial charge in [-0.3, -0.25) is 4.79 Å². The lowest BCUT2D eigenvalue weighted by Crippen LogP contribution is -2.21. The van der Waals surface area contributed by atoms with Crippen molar-refractivity contribution in [3.8, 4) is 23.0 Å². The minimum Gasteiger partial charge on any atom is -0.493 e. The molecule has 0 amide bonds. The summed E-state index contributed by atoms with van der Waals surface area (Å²) in [6, 6.07) is 10.8. The van der Waals surface area contributed by atoms with Crippen molar-refractivity contribution < 1.29 is 28.8 Å². The molecule has 0 aliphatic heterocycles. The number of carbonyl (C=O) groups excluding carboxylic acids is 1. The van der Waals surface area contributed by atoms with Crippen LogP contribution in [0, 0.1) is 5.92 Å². The maximum atomic E-state index is 12.8. The van der Waals surface area contributed by atoms with E-state index in [0.717, 1.165) is 11.1 Å². The van der Waals surface area contributed by atoms with Gasteiger partial charge in [-0.1, -0.05) is 36.5 Å². The summed E-state index contributed by atoms with van der Waals surface area (Å²) in [5.74, 6) is 1.61. The van der Waals surface area contributed by atoms with Crippen molar-refractivity contribution in [3.05, 3.63) is 59.7 Å².